The number of unbranched alkanes of at least 4 members (excludes halogenated alkanes) is 2. The normalized spacial score (nSPS) is 9.88. The van der Waals surface area contributed by atoms with Crippen molar-refractivity contribution >= 4 is 17.4 Å². The summed E-state index contributed by atoms with van der Waals surface area (Å²) < 4.78 is 0. The number of hydrogen-bond acceptors (Lipinski definition) is 3. The lowest BCUT2D eigenvalue weighted by molar-refractivity contribution is 0.786. The van der Waals surface area contributed by atoms with Crippen LogP contribution in [0.15, 0.2) is 0 Å². The van der Waals surface area contributed by atoms with Gasteiger partial charge in [0.25, 0.3) is 0 Å². The van der Waals surface area contributed by atoms with Gasteiger partial charge in [-0.25, -0.2) is 9.97 Å². The van der Waals surface area contributed by atoms with Crippen LogP contribution < -0.4 is 5.32 Å². The molecule has 0 aliphatic carbocycles. The van der Waals surface area contributed by atoms with Gasteiger partial charge in [0, 0.05) is 13.0 Å². The summed E-state index contributed by atoms with van der Waals surface area (Å²) >= 11 is 5.97. The van der Waals surface area contributed by atoms with Crippen LogP contribution in [0.3, 0.4) is 0 Å². The van der Waals surface area contributed by atoms with Crippen LogP contribution in [0.2, 0.25) is 5.15 Å². The fourth-order valence-corrected chi connectivity index (χ4v) is 1.48. The summed E-state index contributed by atoms with van der Waals surface area (Å²) in [7, 11) is 0. The first kappa shape index (κ1) is 12.8. The average Bonchev–Trinajstić information content (AvgIpc) is 2.25. The summed E-state index contributed by atoms with van der Waals surface area (Å²) in [4.78, 5) is 8.54. The monoisotopic (exact) mass is 237 g/mol. The van der Waals surface area contributed by atoms with E-state index in [1.54, 1.807) is 0 Å². The predicted molar refractivity (Wildman–Crippen MR) is 67.7 cm³/mol. The molecule has 1 N–H and O–H groups in total. The van der Waals surface area contributed by atoms with Crippen LogP contribution in [0.25, 0.3) is 0 Å². The Kier molecular flexibility index (Phi) is 5.07. The van der Waals surface area contributed by atoms with Gasteiger partial charge in [-0.1, -0.05) is 11.6 Å². The molecule has 0 bridgehead atoms. The zero-order chi connectivity index (χ0) is 12.0. The van der Waals surface area contributed by atoms with E-state index in [1.165, 1.54) is 0 Å². The van der Waals surface area contributed by atoms with E-state index in [9.17, 15) is 0 Å². The van der Waals surface area contributed by atoms with Gasteiger partial charge in [-0.2, -0.15) is 0 Å². The molecule has 1 heterocycles. The average molecular weight is 238 g/mol. The number of rotatable bonds is 5. The largest absolute Gasteiger partial charge is 0.368 e. The Balaban J connectivity index is 2.48. The molecule has 1 aromatic rings. The van der Waals surface area contributed by atoms with E-state index < -0.39 is 0 Å². The molecule has 0 saturated heterocycles. The van der Waals surface area contributed by atoms with E-state index in [-0.39, 0.29) is 0 Å². The minimum atomic E-state index is 0.431. The van der Waals surface area contributed by atoms with Crippen LogP contribution in [0.1, 0.15) is 30.7 Å². The number of anilines is 1. The Morgan fingerprint density at radius 2 is 1.94 bits per heavy atom. The number of nitrogens with zero attached hydrogens (tertiary/aromatic N) is 2. The minimum Gasteiger partial charge on any atom is -0.368 e. The van der Waals surface area contributed by atoms with Crippen LogP contribution >= 0.6 is 11.6 Å². The SMILES string of the molecule is C#CCCCCNc1nc(C)c(C)nc1Cl. The molecule has 3 nitrogen and oxygen atoms in total. The van der Waals surface area contributed by atoms with Crippen LogP contribution in [-0.4, -0.2) is 16.5 Å². The van der Waals surface area contributed by atoms with Crippen LogP contribution in [0, 0.1) is 26.2 Å². The summed E-state index contributed by atoms with van der Waals surface area (Å²) in [5, 5.41) is 3.60. The second kappa shape index (κ2) is 6.34. The highest BCUT2D eigenvalue weighted by Gasteiger charge is 2.05. The van der Waals surface area contributed by atoms with Crippen LogP contribution in [-0.2, 0) is 0 Å². The van der Waals surface area contributed by atoms with Gasteiger partial charge in [-0.05, 0) is 26.7 Å². The highest BCUT2D eigenvalue weighted by molar-refractivity contribution is 6.31. The summed E-state index contributed by atoms with van der Waals surface area (Å²) in [6, 6.07) is 0. The van der Waals surface area contributed by atoms with Crippen LogP contribution in [0.5, 0.6) is 0 Å². The topological polar surface area (TPSA) is 37.8 Å². The number of nitrogens with one attached hydrogen (secondary N) is 1. The van der Waals surface area contributed by atoms with E-state index >= 15 is 0 Å². The standard InChI is InChI=1S/C12H16ClN3/c1-4-5-6-7-8-14-12-11(13)15-9(2)10(3)16-12/h1H,5-8H2,2-3H3,(H,14,16). The first-order chi connectivity index (χ1) is 7.65. The number of terminal acetylenes is 1. The summed E-state index contributed by atoms with van der Waals surface area (Å²) in [5.74, 6) is 3.27. The van der Waals surface area contributed by atoms with Gasteiger partial charge in [0.2, 0.25) is 0 Å². The summed E-state index contributed by atoms with van der Waals surface area (Å²) in [6.07, 6.45) is 8.00. The van der Waals surface area contributed by atoms with Crippen molar-refractivity contribution in [2.24, 2.45) is 0 Å². The van der Waals surface area contributed by atoms with Crippen molar-refractivity contribution in [3.05, 3.63) is 16.5 Å². The first-order valence-corrected chi connectivity index (χ1v) is 5.71. The molecule has 0 aliphatic rings. The molecule has 0 unspecified atom stereocenters. The molecule has 0 radical (unpaired) electrons. The maximum atomic E-state index is 5.97. The molecule has 0 saturated carbocycles. The highest BCUT2D eigenvalue weighted by atomic mass is 35.5. The van der Waals surface area contributed by atoms with Gasteiger partial charge in [-0.3, -0.25) is 0 Å². The van der Waals surface area contributed by atoms with Crippen molar-refractivity contribution in [1.29, 1.82) is 0 Å². The quantitative estimate of drug-likeness (QED) is 0.632. The van der Waals surface area contributed by atoms with Crippen molar-refractivity contribution in [2.75, 3.05) is 11.9 Å². The molecule has 86 valence electrons. The van der Waals surface area contributed by atoms with Crippen molar-refractivity contribution in [3.8, 4) is 12.3 Å². The van der Waals surface area contributed by atoms with Gasteiger partial charge in [0.05, 0.1) is 11.4 Å². The maximum Gasteiger partial charge on any atom is 0.171 e. The maximum absolute atomic E-state index is 5.97. The molecule has 16 heavy (non-hydrogen) atoms. The molecule has 1 rings (SSSR count). The van der Waals surface area contributed by atoms with E-state index in [1.807, 2.05) is 13.8 Å². The Labute approximate surface area is 102 Å². The molecule has 0 aliphatic heterocycles. The fraction of sp³-hybridized carbons (Fsp3) is 0.500. The Morgan fingerprint density at radius 3 is 2.62 bits per heavy atom. The Morgan fingerprint density at radius 1 is 1.25 bits per heavy atom. The predicted octanol–water partition coefficient (Wildman–Crippen LogP) is 2.96. The Hall–Kier alpha value is -1.27. The van der Waals surface area contributed by atoms with Gasteiger partial charge in [0.15, 0.2) is 11.0 Å². The van der Waals surface area contributed by atoms with E-state index in [2.05, 4.69) is 21.2 Å². The number of aryl methyl sites for hydroxylation is 2. The molecular weight excluding hydrogens is 222 g/mol. The second-order valence-electron chi connectivity index (χ2n) is 3.62. The lowest BCUT2D eigenvalue weighted by Gasteiger charge is -2.08. The van der Waals surface area contributed by atoms with Gasteiger partial charge in [0.1, 0.15) is 0 Å². The Bertz CT molecular complexity index is 396. The molecular formula is C12H16ClN3. The third-order valence-electron chi connectivity index (χ3n) is 2.30. The molecule has 0 amide bonds. The second-order valence-corrected chi connectivity index (χ2v) is 3.98. The molecule has 0 aromatic carbocycles. The number of hydrogen-bond donors (Lipinski definition) is 1. The lowest BCUT2D eigenvalue weighted by atomic mass is 10.2. The van der Waals surface area contributed by atoms with Crippen LogP contribution in [0.4, 0.5) is 5.82 Å². The zero-order valence-corrected chi connectivity index (χ0v) is 10.4. The van der Waals surface area contributed by atoms with Gasteiger partial charge in [-0.15, -0.1) is 12.3 Å². The van der Waals surface area contributed by atoms with E-state index in [4.69, 9.17) is 18.0 Å². The zero-order valence-electron chi connectivity index (χ0n) is 9.68. The fourth-order valence-electron chi connectivity index (χ4n) is 1.25. The third kappa shape index (κ3) is 3.71. The van der Waals surface area contributed by atoms with Crippen molar-refractivity contribution < 1.29 is 0 Å². The van der Waals surface area contributed by atoms with E-state index in [0.29, 0.717) is 11.0 Å². The molecule has 0 atom stereocenters. The number of aromatic nitrogens is 2. The molecule has 0 fully saturated rings. The smallest absolute Gasteiger partial charge is 0.171 e. The van der Waals surface area contributed by atoms with Crippen molar-refractivity contribution in [2.45, 2.75) is 33.1 Å². The summed E-state index contributed by atoms with van der Waals surface area (Å²) in [5.41, 5.74) is 1.76. The van der Waals surface area contributed by atoms with Gasteiger partial charge < -0.3 is 5.32 Å². The number of halogens is 1. The lowest BCUT2D eigenvalue weighted by Crippen LogP contribution is -2.06. The van der Waals surface area contributed by atoms with Crippen molar-refractivity contribution in [3.63, 3.8) is 0 Å². The molecule has 1 aromatic heterocycles. The third-order valence-corrected chi connectivity index (χ3v) is 2.57. The van der Waals surface area contributed by atoms with E-state index in [0.717, 1.165) is 37.2 Å². The van der Waals surface area contributed by atoms with Gasteiger partial charge >= 0.3 is 0 Å². The van der Waals surface area contributed by atoms with Crippen molar-refractivity contribution in [1.82, 2.24) is 9.97 Å². The summed E-state index contributed by atoms with van der Waals surface area (Å²) in [6.45, 7) is 4.63. The molecule has 0 spiro atoms. The minimum absolute atomic E-state index is 0.431. The highest BCUT2D eigenvalue weighted by Crippen LogP contribution is 2.18. The molecule has 4 heteroatoms. The first-order valence-electron chi connectivity index (χ1n) is 5.33.